The fraction of sp³-hybridized carbons (Fsp3) is 0.296. The summed E-state index contributed by atoms with van der Waals surface area (Å²) in [6, 6.07) is 12.7. The molecule has 3 aliphatic rings. The molecule has 2 aromatic rings. The summed E-state index contributed by atoms with van der Waals surface area (Å²) in [5.41, 5.74) is 7.04. The summed E-state index contributed by atoms with van der Waals surface area (Å²) in [5.74, 6) is -3.19. The van der Waals surface area contributed by atoms with Crippen LogP contribution >= 0.6 is 11.8 Å². The molecule has 4 N–H and O–H groups in total. The van der Waals surface area contributed by atoms with Gasteiger partial charge in [-0.3, -0.25) is 9.36 Å². The van der Waals surface area contributed by atoms with Gasteiger partial charge in [0.15, 0.2) is 22.3 Å². The Morgan fingerprint density at radius 1 is 1.16 bits per heavy atom. The van der Waals surface area contributed by atoms with Crippen LogP contribution in [0.25, 0.3) is 11.5 Å². The number of rotatable bonds is 9. The van der Waals surface area contributed by atoms with Crippen LogP contribution in [-0.4, -0.2) is 39.6 Å². The Hall–Kier alpha value is -3.57. The SMILES string of the molecule is CCC(C(N)=O)(c1cc(NC2CNC2)ccc1C)n1c2nc(SCc3ccc(F)cc3)nc-2cc(F)c1F. The van der Waals surface area contributed by atoms with Crippen LogP contribution in [0, 0.1) is 24.5 Å². The minimum Gasteiger partial charge on any atom is -0.380 e. The van der Waals surface area contributed by atoms with Gasteiger partial charge in [-0.2, -0.15) is 4.39 Å². The topological polar surface area (TPSA) is 97.9 Å². The van der Waals surface area contributed by atoms with E-state index in [1.54, 1.807) is 32.0 Å². The maximum Gasteiger partial charge on any atom is 0.248 e. The minimum atomic E-state index is -1.77. The van der Waals surface area contributed by atoms with Crippen molar-refractivity contribution in [1.29, 1.82) is 0 Å². The zero-order chi connectivity index (χ0) is 27.0. The van der Waals surface area contributed by atoms with Crippen molar-refractivity contribution in [3.05, 3.63) is 82.8 Å². The van der Waals surface area contributed by atoms with Crippen molar-refractivity contribution in [2.45, 2.75) is 42.8 Å². The number of carbonyl (C=O) groups is 1. The first-order valence-corrected chi connectivity index (χ1v) is 13.2. The van der Waals surface area contributed by atoms with Gasteiger partial charge in [0.2, 0.25) is 11.9 Å². The lowest BCUT2D eigenvalue weighted by molar-refractivity contribution is -0.125. The van der Waals surface area contributed by atoms with Gasteiger partial charge in [0.1, 0.15) is 11.5 Å². The fourth-order valence-corrected chi connectivity index (χ4v) is 5.58. The molecular weight excluding hydrogens is 513 g/mol. The molecule has 1 amide bonds. The van der Waals surface area contributed by atoms with Gasteiger partial charge in [-0.25, -0.2) is 18.7 Å². The third-order valence-electron chi connectivity index (χ3n) is 6.93. The summed E-state index contributed by atoms with van der Waals surface area (Å²) >= 11 is 1.23. The normalized spacial score (nSPS) is 15.3. The lowest BCUT2D eigenvalue weighted by atomic mass is 9.82. The number of nitrogens with zero attached hydrogens (tertiary/aromatic N) is 3. The molecule has 5 rings (SSSR count). The number of thioether (sulfide) groups is 1. The molecule has 7 nitrogen and oxygen atoms in total. The molecule has 2 aromatic carbocycles. The van der Waals surface area contributed by atoms with Crippen molar-refractivity contribution in [2.24, 2.45) is 5.73 Å². The second kappa shape index (κ2) is 10.3. The number of amides is 1. The first-order chi connectivity index (χ1) is 18.2. The van der Waals surface area contributed by atoms with Crippen LogP contribution in [0.3, 0.4) is 0 Å². The van der Waals surface area contributed by atoms with Crippen LogP contribution in [0.2, 0.25) is 0 Å². The van der Waals surface area contributed by atoms with Crippen LogP contribution in [-0.2, 0) is 16.1 Å². The number of imidazole rings is 1. The van der Waals surface area contributed by atoms with E-state index in [1.165, 1.54) is 23.9 Å². The van der Waals surface area contributed by atoms with E-state index in [1.807, 2.05) is 12.1 Å². The number of benzene rings is 2. The molecule has 1 fully saturated rings. The van der Waals surface area contributed by atoms with Gasteiger partial charge in [0, 0.05) is 30.6 Å². The summed E-state index contributed by atoms with van der Waals surface area (Å²) in [5, 5.41) is 6.84. The molecule has 0 aliphatic carbocycles. The van der Waals surface area contributed by atoms with Crippen LogP contribution in [0.5, 0.6) is 0 Å². The largest absolute Gasteiger partial charge is 0.380 e. The number of nitrogens with one attached hydrogen (secondary N) is 2. The summed E-state index contributed by atoms with van der Waals surface area (Å²) in [6.45, 7) is 5.09. The van der Waals surface area contributed by atoms with E-state index in [0.717, 1.165) is 35.0 Å². The Morgan fingerprint density at radius 3 is 2.53 bits per heavy atom. The Kier molecular flexibility index (Phi) is 7.06. The number of pyridine rings is 1. The molecule has 1 atom stereocenters. The quantitative estimate of drug-likeness (QED) is 0.215. The van der Waals surface area contributed by atoms with Crippen molar-refractivity contribution in [3.63, 3.8) is 0 Å². The van der Waals surface area contributed by atoms with E-state index >= 15 is 4.39 Å². The molecule has 198 valence electrons. The summed E-state index contributed by atoms with van der Waals surface area (Å²) in [4.78, 5) is 22.1. The maximum atomic E-state index is 15.7. The number of aromatic nitrogens is 3. The number of aryl methyl sites for hydroxylation is 1. The van der Waals surface area contributed by atoms with Crippen LogP contribution < -0.4 is 16.4 Å². The number of anilines is 1. The number of halogens is 3. The molecule has 0 saturated carbocycles. The Bertz CT molecular complexity index is 1460. The highest BCUT2D eigenvalue weighted by Gasteiger charge is 2.45. The van der Waals surface area contributed by atoms with E-state index in [9.17, 15) is 13.6 Å². The maximum absolute atomic E-state index is 15.7. The lowest BCUT2D eigenvalue weighted by Gasteiger charge is -2.36. The third-order valence-corrected chi connectivity index (χ3v) is 7.85. The second-order valence-electron chi connectivity index (χ2n) is 9.36. The fourth-order valence-electron chi connectivity index (χ4n) is 4.78. The summed E-state index contributed by atoms with van der Waals surface area (Å²) < 4.78 is 44.9. The van der Waals surface area contributed by atoms with Crippen molar-refractivity contribution < 1.29 is 18.0 Å². The molecule has 1 saturated heterocycles. The molecule has 1 unspecified atom stereocenters. The number of fused-ring (bicyclic) bond motifs is 1. The number of nitrogens with two attached hydrogens (primary N) is 1. The third kappa shape index (κ3) is 4.60. The Morgan fingerprint density at radius 2 is 1.89 bits per heavy atom. The average Bonchev–Trinajstić information content (AvgIpc) is 3.27. The van der Waals surface area contributed by atoms with E-state index in [2.05, 4.69) is 20.6 Å². The van der Waals surface area contributed by atoms with Gasteiger partial charge >= 0.3 is 0 Å². The number of carbonyl (C=O) groups excluding carboxylic acids is 1. The molecule has 3 aliphatic heterocycles. The lowest BCUT2D eigenvalue weighted by Crippen LogP contribution is -2.51. The zero-order valence-electron chi connectivity index (χ0n) is 20.9. The van der Waals surface area contributed by atoms with Crippen molar-refractivity contribution in [2.75, 3.05) is 18.4 Å². The van der Waals surface area contributed by atoms with Crippen molar-refractivity contribution in [3.8, 4) is 11.5 Å². The predicted molar refractivity (Wildman–Crippen MR) is 141 cm³/mol. The minimum absolute atomic E-state index is 0.00658. The van der Waals surface area contributed by atoms with Gasteiger partial charge in [-0.1, -0.05) is 36.9 Å². The van der Waals surface area contributed by atoms with Crippen LogP contribution in [0.15, 0.2) is 53.7 Å². The molecule has 11 heteroatoms. The Balaban J connectivity index is 1.62. The molecule has 0 radical (unpaired) electrons. The molecular formula is C27H27F3N6OS. The van der Waals surface area contributed by atoms with Crippen LogP contribution in [0.4, 0.5) is 18.9 Å². The number of hydrogen-bond donors (Lipinski definition) is 3. The highest BCUT2D eigenvalue weighted by molar-refractivity contribution is 7.98. The highest BCUT2D eigenvalue weighted by atomic mass is 32.2. The summed E-state index contributed by atoms with van der Waals surface area (Å²) in [6.07, 6.45) is 0.0443. The highest BCUT2D eigenvalue weighted by Crippen LogP contribution is 2.40. The molecule has 0 bridgehead atoms. The summed E-state index contributed by atoms with van der Waals surface area (Å²) in [7, 11) is 0. The van der Waals surface area contributed by atoms with Crippen LogP contribution in [0.1, 0.15) is 30.0 Å². The molecule has 3 heterocycles. The zero-order valence-corrected chi connectivity index (χ0v) is 21.7. The standard InChI is InChI=1S/C27H27F3N6OS/c1-3-27(25(31)37,20-10-18(9-4-15(20)2)33-19-12-32-13-19)36-23(30)21(29)11-22-24(36)35-26(34-22)38-14-16-5-7-17(28)8-6-16/h4-11,19,32-33H,3,12-14H2,1-2H3,(H2,31,37). The molecule has 0 aromatic heterocycles. The van der Waals surface area contributed by atoms with Gasteiger partial charge in [0.05, 0.1) is 6.04 Å². The van der Waals surface area contributed by atoms with Gasteiger partial charge < -0.3 is 16.4 Å². The van der Waals surface area contributed by atoms with E-state index in [-0.39, 0.29) is 35.0 Å². The predicted octanol–water partition coefficient (Wildman–Crippen LogP) is 4.42. The van der Waals surface area contributed by atoms with Crippen molar-refractivity contribution in [1.82, 2.24) is 19.9 Å². The monoisotopic (exact) mass is 540 g/mol. The van der Waals surface area contributed by atoms with E-state index in [0.29, 0.717) is 16.9 Å². The average molecular weight is 541 g/mol. The second-order valence-corrected chi connectivity index (χ2v) is 10.3. The van der Waals surface area contributed by atoms with Gasteiger partial charge in [-0.05, 0) is 54.3 Å². The van der Waals surface area contributed by atoms with E-state index < -0.39 is 23.2 Å². The van der Waals surface area contributed by atoms with Gasteiger partial charge in [-0.15, -0.1) is 0 Å². The number of primary amides is 1. The smallest absolute Gasteiger partial charge is 0.248 e. The Labute approximate surface area is 222 Å². The number of hydrogen-bond acceptors (Lipinski definition) is 6. The first-order valence-electron chi connectivity index (χ1n) is 12.2. The molecule has 38 heavy (non-hydrogen) atoms. The van der Waals surface area contributed by atoms with Crippen molar-refractivity contribution >= 4 is 23.4 Å². The first kappa shape index (κ1) is 26.1. The molecule has 0 spiro atoms. The van der Waals surface area contributed by atoms with E-state index in [4.69, 9.17) is 5.73 Å². The van der Waals surface area contributed by atoms with Gasteiger partial charge in [0.25, 0.3) is 0 Å².